The van der Waals surface area contributed by atoms with E-state index in [0.717, 1.165) is 29.2 Å². The Labute approximate surface area is 167 Å². The molecule has 2 aliphatic rings. The van der Waals surface area contributed by atoms with Crippen LogP contribution in [0.4, 0.5) is 0 Å². The van der Waals surface area contributed by atoms with E-state index in [1.807, 2.05) is 12.1 Å². The summed E-state index contributed by atoms with van der Waals surface area (Å²) in [6.45, 7) is 2.31. The Kier molecular flexibility index (Phi) is 8.25. The summed E-state index contributed by atoms with van der Waals surface area (Å²) in [5.41, 5.74) is 2.24. The Bertz CT molecular complexity index is 565. The second kappa shape index (κ2) is 10.9. The minimum atomic E-state index is 0.729. The first-order valence-corrected chi connectivity index (χ1v) is 11.8. The van der Waals surface area contributed by atoms with Crippen molar-refractivity contribution in [2.75, 3.05) is 0 Å². The van der Waals surface area contributed by atoms with Crippen LogP contribution in [0.2, 0.25) is 0 Å². The van der Waals surface area contributed by atoms with Gasteiger partial charge in [-0.05, 0) is 67.1 Å². The van der Waals surface area contributed by atoms with Crippen LogP contribution in [0.1, 0.15) is 114 Å². The van der Waals surface area contributed by atoms with E-state index >= 15 is 0 Å². The van der Waals surface area contributed by atoms with Crippen LogP contribution in [-0.2, 0) is 0 Å². The predicted octanol–water partition coefficient (Wildman–Crippen LogP) is 8.00. The first-order chi connectivity index (χ1) is 13.3. The van der Waals surface area contributed by atoms with Gasteiger partial charge in [-0.2, -0.15) is 5.26 Å². The number of unbranched alkanes of at least 4 members (excludes halogenated alkanes) is 2. The van der Waals surface area contributed by atoms with Crippen LogP contribution in [0.15, 0.2) is 24.3 Å². The molecule has 1 nitrogen and oxygen atoms in total. The molecule has 0 aliphatic heterocycles. The van der Waals surface area contributed by atoms with E-state index in [4.69, 9.17) is 5.26 Å². The number of hydrogen-bond donors (Lipinski definition) is 0. The number of nitriles is 1. The molecule has 0 aromatic heterocycles. The summed E-state index contributed by atoms with van der Waals surface area (Å²) in [4.78, 5) is 0. The molecule has 0 unspecified atom stereocenters. The second-order valence-corrected chi connectivity index (χ2v) is 9.41. The van der Waals surface area contributed by atoms with Gasteiger partial charge in [-0.3, -0.25) is 0 Å². The lowest BCUT2D eigenvalue weighted by atomic mass is 9.74. The van der Waals surface area contributed by atoms with Gasteiger partial charge in [-0.1, -0.05) is 83.3 Å². The largest absolute Gasteiger partial charge is 0.192 e. The highest BCUT2D eigenvalue weighted by molar-refractivity contribution is 5.33. The van der Waals surface area contributed by atoms with Gasteiger partial charge in [-0.25, -0.2) is 0 Å². The molecule has 0 spiro atoms. The van der Waals surface area contributed by atoms with E-state index in [0.29, 0.717) is 0 Å². The Balaban J connectivity index is 1.31. The quantitative estimate of drug-likeness (QED) is 0.428. The van der Waals surface area contributed by atoms with Gasteiger partial charge in [0.05, 0.1) is 11.6 Å². The van der Waals surface area contributed by atoms with Crippen LogP contribution in [0, 0.1) is 29.1 Å². The zero-order valence-electron chi connectivity index (χ0n) is 17.5. The molecular weight excluding hydrogens is 326 g/mol. The van der Waals surface area contributed by atoms with E-state index in [-0.39, 0.29) is 0 Å². The summed E-state index contributed by atoms with van der Waals surface area (Å²) in [7, 11) is 0. The molecule has 1 heteroatoms. The number of benzene rings is 1. The number of rotatable bonds is 8. The standard InChI is InChI=1S/C26H39N/c1-2-3-4-5-21-6-8-22(9-7-21)10-11-23-12-16-25(17-13-23)26-18-14-24(20-27)15-19-26/h14-15,18-19,21-23,25H,2-13,16-17H2,1H3. The van der Waals surface area contributed by atoms with Crippen LogP contribution in [0.25, 0.3) is 0 Å². The summed E-state index contributed by atoms with van der Waals surface area (Å²) in [6.07, 6.45) is 20.3. The highest BCUT2D eigenvalue weighted by atomic mass is 14.3. The van der Waals surface area contributed by atoms with Gasteiger partial charge in [-0.15, -0.1) is 0 Å². The van der Waals surface area contributed by atoms with Gasteiger partial charge in [0.2, 0.25) is 0 Å². The Morgan fingerprint density at radius 2 is 1.26 bits per heavy atom. The Morgan fingerprint density at radius 1 is 0.741 bits per heavy atom. The lowest BCUT2D eigenvalue weighted by Gasteiger charge is -2.32. The average Bonchev–Trinajstić information content (AvgIpc) is 2.74. The first-order valence-electron chi connectivity index (χ1n) is 11.8. The normalized spacial score (nSPS) is 28.6. The molecular formula is C26H39N. The maximum atomic E-state index is 8.95. The third-order valence-corrected chi connectivity index (χ3v) is 7.52. The van der Waals surface area contributed by atoms with Crippen LogP contribution < -0.4 is 0 Å². The van der Waals surface area contributed by atoms with Crippen molar-refractivity contribution in [2.45, 2.75) is 103 Å². The lowest BCUT2D eigenvalue weighted by molar-refractivity contribution is 0.222. The molecule has 0 atom stereocenters. The molecule has 0 heterocycles. The van der Waals surface area contributed by atoms with E-state index in [1.54, 1.807) is 0 Å². The topological polar surface area (TPSA) is 23.8 Å². The molecule has 2 aliphatic carbocycles. The molecule has 27 heavy (non-hydrogen) atoms. The summed E-state index contributed by atoms with van der Waals surface area (Å²) in [5.74, 6) is 3.79. The minimum Gasteiger partial charge on any atom is -0.192 e. The van der Waals surface area contributed by atoms with Gasteiger partial charge in [0, 0.05) is 0 Å². The first kappa shape index (κ1) is 20.4. The fourth-order valence-electron chi connectivity index (χ4n) is 5.58. The summed E-state index contributed by atoms with van der Waals surface area (Å²) < 4.78 is 0. The van der Waals surface area contributed by atoms with Crippen LogP contribution in [-0.4, -0.2) is 0 Å². The zero-order chi connectivity index (χ0) is 18.9. The van der Waals surface area contributed by atoms with E-state index in [1.165, 1.54) is 95.5 Å². The maximum absolute atomic E-state index is 8.95. The zero-order valence-corrected chi connectivity index (χ0v) is 17.5. The summed E-state index contributed by atoms with van der Waals surface area (Å²) in [5, 5.41) is 8.95. The molecule has 3 rings (SSSR count). The van der Waals surface area contributed by atoms with Crippen molar-refractivity contribution >= 4 is 0 Å². The number of nitrogens with zero attached hydrogens (tertiary/aromatic N) is 1. The molecule has 148 valence electrons. The molecule has 0 amide bonds. The van der Waals surface area contributed by atoms with Gasteiger partial charge in [0.15, 0.2) is 0 Å². The molecule has 1 aromatic carbocycles. The van der Waals surface area contributed by atoms with Gasteiger partial charge >= 0.3 is 0 Å². The van der Waals surface area contributed by atoms with Crippen LogP contribution >= 0.6 is 0 Å². The van der Waals surface area contributed by atoms with E-state index < -0.39 is 0 Å². The van der Waals surface area contributed by atoms with Crippen molar-refractivity contribution in [3.63, 3.8) is 0 Å². The van der Waals surface area contributed by atoms with Crippen molar-refractivity contribution < 1.29 is 0 Å². The molecule has 0 bridgehead atoms. The number of hydrogen-bond acceptors (Lipinski definition) is 1. The van der Waals surface area contributed by atoms with Gasteiger partial charge in [0.25, 0.3) is 0 Å². The van der Waals surface area contributed by atoms with Gasteiger partial charge < -0.3 is 0 Å². The van der Waals surface area contributed by atoms with Crippen molar-refractivity contribution in [3.05, 3.63) is 35.4 Å². The highest BCUT2D eigenvalue weighted by Crippen LogP contribution is 2.40. The fourth-order valence-corrected chi connectivity index (χ4v) is 5.58. The summed E-state index contributed by atoms with van der Waals surface area (Å²) >= 11 is 0. The SMILES string of the molecule is CCCCCC1CCC(CCC2CCC(c3ccc(C#N)cc3)CC2)CC1. The molecule has 2 fully saturated rings. The van der Waals surface area contributed by atoms with E-state index in [2.05, 4.69) is 25.1 Å². The summed E-state index contributed by atoms with van der Waals surface area (Å²) in [6, 6.07) is 10.6. The van der Waals surface area contributed by atoms with Crippen molar-refractivity contribution in [1.29, 1.82) is 5.26 Å². The molecule has 2 saturated carbocycles. The smallest absolute Gasteiger partial charge is 0.0991 e. The van der Waals surface area contributed by atoms with Crippen molar-refractivity contribution in [2.24, 2.45) is 17.8 Å². The third kappa shape index (κ3) is 6.38. The van der Waals surface area contributed by atoms with Crippen molar-refractivity contribution in [3.8, 4) is 6.07 Å². The monoisotopic (exact) mass is 365 g/mol. The van der Waals surface area contributed by atoms with E-state index in [9.17, 15) is 0 Å². The lowest BCUT2D eigenvalue weighted by Crippen LogP contribution is -2.17. The molecule has 0 saturated heterocycles. The molecule has 0 radical (unpaired) electrons. The third-order valence-electron chi connectivity index (χ3n) is 7.52. The van der Waals surface area contributed by atoms with Gasteiger partial charge in [0.1, 0.15) is 0 Å². The fraction of sp³-hybridized carbons (Fsp3) is 0.731. The van der Waals surface area contributed by atoms with Crippen molar-refractivity contribution in [1.82, 2.24) is 0 Å². The van der Waals surface area contributed by atoms with Crippen LogP contribution in [0.5, 0.6) is 0 Å². The Morgan fingerprint density at radius 3 is 1.78 bits per heavy atom. The second-order valence-electron chi connectivity index (χ2n) is 9.41. The molecule has 0 N–H and O–H groups in total. The Hall–Kier alpha value is -1.29. The highest BCUT2D eigenvalue weighted by Gasteiger charge is 2.25. The molecule has 1 aromatic rings. The van der Waals surface area contributed by atoms with Crippen LogP contribution in [0.3, 0.4) is 0 Å². The predicted molar refractivity (Wildman–Crippen MR) is 115 cm³/mol. The maximum Gasteiger partial charge on any atom is 0.0991 e. The average molecular weight is 366 g/mol. The minimum absolute atomic E-state index is 0.729.